The van der Waals surface area contributed by atoms with Crippen LogP contribution in [0.5, 0.6) is 0 Å². The van der Waals surface area contributed by atoms with E-state index in [-0.39, 0.29) is 18.2 Å². The summed E-state index contributed by atoms with van der Waals surface area (Å²) in [4.78, 5) is 26.8. The Labute approximate surface area is 164 Å². The lowest BCUT2D eigenvalue weighted by molar-refractivity contribution is -0.132. The van der Waals surface area contributed by atoms with E-state index in [1.807, 2.05) is 26.0 Å². The van der Waals surface area contributed by atoms with Gasteiger partial charge in [0.2, 0.25) is 5.91 Å². The third-order valence-corrected chi connectivity index (χ3v) is 4.78. The molecule has 0 fully saturated rings. The van der Waals surface area contributed by atoms with E-state index in [0.717, 1.165) is 16.9 Å². The van der Waals surface area contributed by atoms with Crippen LogP contribution in [0.25, 0.3) is 5.69 Å². The number of ether oxygens (including phenoxy) is 1. The Bertz CT molecular complexity index is 843. The van der Waals surface area contributed by atoms with Crippen LogP contribution in [0, 0.1) is 5.92 Å². The van der Waals surface area contributed by atoms with Gasteiger partial charge in [0.1, 0.15) is 0 Å². The largest absolute Gasteiger partial charge is 0.461 e. The third kappa shape index (κ3) is 4.16. The molecule has 0 spiro atoms. The summed E-state index contributed by atoms with van der Waals surface area (Å²) in [6.45, 7) is 7.07. The minimum absolute atomic E-state index is 0.102. The van der Waals surface area contributed by atoms with Gasteiger partial charge in [-0.2, -0.15) is 5.10 Å². The maximum Gasteiger partial charge on any atom is 0.359 e. The second-order valence-electron chi connectivity index (χ2n) is 7.05. The van der Waals surface area contributed by atoms with E-state index in [2.05, 4.69) is 5.10 Å². The van der Waals surface area contributed by atoms with Gasteiger partial charge in [0.15, 0.2) is 5.69 Å². The van der Waals surface area contributed by atoms with Crippen LogP contribution in [-0.4, -0.2) is 39.7 Å². The summed E-state index contributed by atoms with van der Waals surface area (Å²) < 4.78 is 6.95. The molecule has 0 bridgehead atoms. The predicted molar refractivity (Wildman–Crippen MR) is 103 cm³/mol. The van der Waals surface area contributed by atoms with Gasteiger partial charge in [-0.15, -0.1) is 0 Å². The van der Waals surface area contributed by atoms with Crippen molar-refractivity contribution in [2.24, 2.45) is 5.92 Å². The topological polar surface area (TPSA) is 64.4 Å². The summed E-state index contributed by atoms with van der Waals surface area (Å²) in [6.07, 6.45) is 1.13. The van der Waals surface area contributed by atoms with E-state index in [4.69, 9.17) is 16.3 Å². The quantitative estimate of drug-likeness (QED) is 0.732. The molecule has 1 aromatic heterocycles. The average molecular weight is 390 g/mol. The zero-order valence-electron chi connectivity index (χ0n) is 15.9. The summed E-state index contributed by atoms with van der Waals surface area (Å²) in [5, 5.41) is 5.16. The number of hydrogen-bond acceptors (Lipinski definition) is 4. The molecule has 0 aliphatic carbocycles. The minimum Gasteiger partial charge on any atom is -0.461 e. The van der Waals surface area contributed by atoms with E-state index in [1.54, 1.807) is 28.6 Å². The molecule has 0 unspecified atom stereocenters. The number of carbonyl (C=O) groups is 2. The molecule has 3 rings (SSSR count). The number of carbonyl (C=O) groups excluding carboxylic acids is 2. The smallest absolute Gasteiger partial charge is 0.359 e. The third-order valence-electron chi connectivity index (χ3n) is 4.53. The fourth-order valence-corrected chi connectivity index (χ4v) is 3.40. The van der Waals surface area contributed by atoms with Crippen molar-refractivity contribution in [3.63, 3.8) is 0 Å². The predicted octanol–water partition coefficient (Wildman–Crippen LogP) is 3.63. The molecule has 6 nitrogen and oxygen atoms in total. The fraction of sp³-hybridized carbons (Fsp3) is 0.450. The summed E-state index contributed by atoms with van der Waals surface area (Å²) in [6, 6.07) is 7.30. The number of hydrogen-bond donors (Lipinski definition) is 0. The molecule has 1 amide bonds. The van der Waals surface area contributed by atoms with Crippen LogP contribution in [0.2, 0.25) is 5.02 Å². The zero-order chi connectivity index (χ0) is 19.6. The van der Waals surface area contributed by atoms with Crippen molar-refractivity contribution in [1.29, 1.82) is 0 Å². The van der Waals surface area contributed by atoms with Crippen molar-refractivity contribution in [2.45, 2.75) is 40.2 Å². The van der Waals surface area contributed by atoms with Crippen LogP contribution >= 0.6 is 11.6 Å². The van der Waals surface area contributed by atoms with Crippen LogP contribution in [0.3, 0.4) is 0 Å². The molecule has 7 heteroatoms. The van der Waals surface area contributed by atoms with Gasteiger partial charge in [0, 0.05) is 36.5 Å². The Morgan fingerprint density at radius 3 is 2.59 bits per heavy atom. The fourth-order valence-electron chi connectivity index (χ4n) is 3.27. The van der Waals surface area contributed by atoms with Crippen LogP contribution in [0.4, 0.5) is 0 Å². The average Bonchev–Trinajstić information content (AvgIpc) is 3.01. The number of fused-ring (bicyclic) bond motifs is 1. The summed E-state index contributed by atoms with van der Waals surface area (Å²) in [5.74, 6) is -0.0652. The van der Waals surface area contributed by atoms with Gasteiger partial charge in [-0.05, 0) is 37.1 Å². The van der Waals surface area contributed by atoms with E-state index in [1.165, 1.54) is 0 Å². The molecule has 144 valence electrons. The van der Waals surface area contributed by atoms with Crippen molar-refractivity contribution < 1.29 is 14.3 Å². The van der Waals surface area contributed by atoms with Gasteiger partial charge < -0.3 is 9.64 Å². The Kier molecular flexibility index (Phi) is 5.85. The number of rotatable bonds is 5. The second kappa shape index (κ2) is 8.13. The van der Waals surface area contributed by atoms with Crippen molar-refractivity contribution >= 4 is 23.5 Å². The molecule has 0 saturated heterocycles. The molecule has 0 radical (unpaired) electrons. The normalized spacial score (nSPS) is 13.6. The summed E-state index contributed by atoms with van der Waals surface area (Å²) in [7, 11) is 0. The molecule has 2 aromatic rings. The zero-order valence-corrected chi connectivity index (χ0v) is 16.6. The highest BCUT2D eigenvalue weighted by Gasteiger charge is 2.31. The molecule has 0 atom stereocenters. The lowest BCUT2D eigenvalue weighted by Gasteiger charge is -2.28. The maximum absolute atomic E-state index is 12.5. The van der Waals surface area contributed by atoms with Gasteiger partial charge in [-0.3, -0.25) is 4.79 Å². The Morgan fingerprint density at radius 2 is 1.96 bits per heavy atom. The Morgan fingerprint density at radius 1 is 1.26 bits per heavy atom. The van der Waals surface area contributed by atoms with Crippen molar-refractivity contribution in [2.75, 3.05) is 13.2 Å². The number of amides is 1. The monoisotopic (exact) mass is 389 g/mol. The molecule has 1 aromatic carbocycles. The van der Waals surface area contributed by atoms with E-state index in [0.29, 0.717) is 36.9 Å². The van der Waals surface area contributed by atoms with Gasteiger partial charge in [0.05, 0.1) is 18.0 Å². The van der Waals surface area contributed by atoms with E-state index < -0.39 is 5.97 Å². The number of benzene rings is 1. The summed E-state index contributed by atoms with van der Waals surface area (Å²) in [5.41, 5.74) is 2.82. The SMILES string of the molecule is CCOC(=O)c1nn(-c2ccc(Cl)cc2)c2c1CN(C(=O)CC(C)C)CC2. The highest BCUT2D eigenvalue weighted by atomic mass is 35.5. The molecule has 1 aliphatic heterocycles. The number of aromatic nitrogens is 2. The highest BCUT2D eigenvalue weighted by Crippen LogP contribution is 2.27. The number of halogens is 1. The van der Waals surface area contributed by atoms with E-state index >= 15 is 0 Å². The molecular weight excluding hydrogens is 366 g/mol. The first kappa shape index (κ1) is 19.4. The maximum atomic E-state index is 12.5. The van der Waals surface area contributed by atoms with Gasteiger partial charge >= 0.3 is 5.97 Å². The molecule has 2 heterocycles. The van der Waals surface area contributed by atoms with Gasteiger partial charge in [-0.1, -0.05) is 25.4 Å². The van der Waals surface area contributed by atoms with E-state index in [9.17, 15) is 9.59 Å². The summed E-state index contributed by atoms with van der Waals surface area (Å²) >= 11 is 5.99. The molecular formula is C20H24ClN3O3. The van der Waals surface area contributed by atoms with Gasteiger partial charge in [-0.25, -0.2) is 9.48 Å². The Hall–Kier alpha value is -2.34. The van der Waals surface area contributed by atoms with Crippen molar-refractivity contribution in [1.82, 2.24) is 14.7 Å². The van der Waals surface area contributed by atoms with Crippen LogP contribution in [0.1, 0.15) is 48.9 Å². The standard InChI is InChI=1S/C20H24ClN3O3/c1-4-27-20(26)19-16-12-23(18(25)11-13(2)3)10-9-17(16)24(22-19)15-7-5-14(21)6-8-15/h5-8,13H,4,9-12H2,1-3H3. The molecule has 0 N–H and O–H groups in total. The molecule has 27 heavy (non-hydrogen) atoms. The van der Waals surface area contributed by atoms with Gasteiger partial charge in [0.25, 0.3) is 0 Å². The lowest BCUT2D eigenvalue weighted by atomic mass is 10.0. The van der Waals surface area contributed by atoms with Crippen molar-refractivity contribution in [3.8, 4) is 5.69 Å². The van der Waals surface area contributed by atoms with Crippen LogP contribution in [0.15, 0.2) is 24.3 Å². The first-order valence-corrected chi connectivity index (χ1v) is 9.60. The van der Waals surface area contributed by atoms with Crippen LogP contribution in [-0.2, 0) is 22.5 Å². The molecule has 0 saturated carbocycles. The Balaban J connectivity index is 1.99. The van der Waals surface area contributed by atoms with Crippen LogP contribution < -0.4 is 0 Å². The first-order valence-electron chi connectivity index (χ1n) is 9.22. The first-order chi connectivity index (χ1) is 12.9. The van der Waals surface area contributed by atoms with Crippen molar-refractivity contribution in [3.05, 3.63) is 46.2 Å². The number of esters is 1. The minimum atomic E-state index is -0.459. The molecule has 1 aliphatic rings. The number of nitrogens with zero attached hydrogens (tertiary/aromatic N) is 3. The lowest BCUT2D eigenvalue weighted by Crippen LogP contribution is -2.37. The highest BCUT2D eigenvalue weighted by molar-refractivity contribution is 6.30. The second-order valence-corrected chi connectivity index (χ2v) is 7.48.